The van der Waals surface area contributed by atoms with Gasteiger partial charge in [-0.05, 0) is 48.7 Å². The highest BCUT2D eigenvalue weighted by atomic mass is 35.5. The minimum Gasteiger partial charge on any atom is -0.373 e. The van der Waals surface area contributed by atoms with Crippen LogP contribution in [0.25, 0.3) is 0 Å². The van der Waals surface area contributed by atoms with Crippen molar-refractivity contribution in [1.82, 2.24) is 0 Å². The Labute approximate surface area is 154 Å². The van der Waals surface area contributed by atoms with E-state index in [4.69, 9.17) is 16.3 Å². The molecule has 1 heterocycles. The molecular weight excluding hydrogens is 389 g/mol. The number of ether oxygens (including phenoxy) is 1. The maximum Gasteiger partial charge on any atom is 0.416 e. The summed E-state index contributed by atoms with van der Waals surface area (Å²) in [6, 6.07) is 10.8. The van der Waals surface area contributed by atoms with Crippen LogP contribution in [0.3, 0.4) is 0 Å². The summed E-state index contributed by atoms with van der Waals surface area (Å²) < 4.78 is 70.0. The van der Waals surface area contributed by atoms with Crippen molar-refractivity contribution in [2.24, 2.45) is 0 Å². The second-order valence-electron chi connectivity index (χ2n) is 6.13. The van der Waals surface area contributed by atoms with Crippen LogP contribution in [-0.2, 0) is 20.8 Å². The summed E-state index contributed by atoms with van der Waals surface area (Å²) >= 11 is 5.85. The molecule has 0 N–H and O–H groups in total. The number of hydrogen-bond donors (Lipinski definition) is 0. The minimum absolute atomic E-state index is 0.181. The third kappa shape index (κ3) is 4.05. The minimum atomic E-state index is -4.59. The molecule has 140 valence electrons. The zero-order valence-corrected chi connectivity index (χ0v) is 15.1. The smallest absolute Gasteiger partial charge is 0.373 e. The first-order valence-electron chi connectivity index (χ1n) is 7.96. The van der Waals surface area contributed by atoms with Crippen molar-refractivity contribution in [3.8, 4) is 0 Å². The molecule has 1 fully saturated rings. The van der Waals surface area contributed by atoms with Crippen molar-refractivity contribution >= 4 is 21.4 Å². The number of halogens is 4. The van der Waals surface area contributed by atoms with Crippen LogP contribution in [0.5, 0.6) is 0 Å². The molecule has 3 nitrogen and oxygen atoms in total. The average molecular weight is 405 g/mol. The van der Waals surface area contributed by atoms with Crippen LogP contribution >= 0.6 is 11.6 Å². The third-order valence-corrected chi connectivity index (χ3v) is 6.88. The molecule has 0 bridgehead atoms. The predicted molar refractivity (Wildman–Crippen MR) is 91.8 cm³/mol. The van der Waals surface area contributed by atoms with E-state index in [9.17, 15) is 21.6 Å². The second-order valence-corrected chi connectivity index (χ2v) is 8.79. The molecule has 0 aliphatic carbocycles. The van der Waals surface area contributed by atoms with Gasteiger partial charge in [0.15, 0.2) is 9.84 Å². The molecule has 0 spiro atoms. The summed E-state index contributed by atoms with van der Waals surface area (Å²) in [5.41, 5.74) is -0.182. The van der Waals surface area contributed by atoms with Crippen molar-refractivity contribution in [3.05, 3.63) is 64.7 Å². The van der Waals surface area contributed by atoms with E-state index in [1.807, 2.05) is 0 Å². The van der Waals surface area contributed by atoms with E-state index in [1.165, 1.54) is 6.07 Å². The van der Waals surface area contributed by atoms with Crippen LogP contribution in [-0.4, -0.2) is 20.3 Å². The van der Waals surface area contributed by atoms with Crippen molar-refractivity contribution < 1.29 is 26.3 Å². The van der Waals surface area contributed by atoms with Crippen molar-refractivity contribution in [2.75, 3.05) is 6.61 Å². The van der Waals surface area contributed by atoms with Gasteiger partial charge in [0.2, 0.25) is 0 Å². The molecule has 1 unspecified atom stereocenters. The second kappa shape index (κ2) is 7.21. The van der Waals surface area contributed by atoms with Crippen molar-refractivity contribution in [1.29, 1.82) is 0 Å². The van der Waals surface area contributed by atoms with Gasteiger partial charge in [0.05, 0.1) is 21.8 Å². The fraction of sp³-hybridized carbons (Fsp3) is 0.333. The summed E-state index contributed by atoms with van der Waals surface area (Å²) in [5, 5.41) is -0.252. The Morgan fingerprint density at radius 1 is 1.08 bits per heavy atom. The third-order valence-electron chi connectivity index (χ3n) is 4.41. The Morgan fingerprint density at radius 3 is 2.42 bits per heavy atom. The number of benzene rings is 2. The molecule has 0 radical (unpaired) electrons. The Kier molecular flexibility index (Phi) is 5.33. The molecule has 0 aromatic heterocycles. The summed E-state index contributed by atoms with van der Waals surface area (Å²) in [7, 11) is -3.90. The summed E-state index contributed by atoms with van der Waals surface area (Å²) in [4.78, 5) is -0.311. The highest BCUT2D eigenvalue weighted by molar-refractivity contribution is 7.92. The monoisotopic (exact) mass is 404 g/mol. The molecule has 0 saturated carbocycles. The lowest BCUT2D eigenvalue weighted by molar-refractivity contribution is -0.137. The van der Waals surface area contributed by atoms with Crippen LogP contribution in [0, 0.1) is 0 Å². The van der Waals surface area contributed by atoms with Gasteiger partial charge in [-0.2, -0.15) is 13.2 Å². The quantitative estimate of drug-likeness (QED) is 0.718. The maximum atomic E-state index is 12.9. The standard InChI is InChI=1S/C18H16ClF3O3S/c19-14-6-4-12(5-7-14)17-11-16(8-9-25-17)26(23,24)15-3-1-2-13(10-15)18(20,21)22/h1-7,10,16-17H,8-9,11H2/t16-,17?/m0/s1. The molecular formula is C18H16ClF3O3S. The lowest BCUT2D eigenvalue weighted by Crippen LogP contribution is -2.31. The fourth-order valence-corrected chi connectivity index (χ4v) is 4.90. The maximum absolute atomic E-state index is 12.9. The summed E-state index contributed by atoms with van der Waals surface area (Å²) in [6.45, 7) is 0.218. The van der Waals surface area contributed by atoms with Crippen molar-refractivity contribution in [2.45, 2.75) is 35.3 Å². The fourth-order valence-electron chi connectivity index (χ4n) is 3.00. The number of rotatable bonds is 3. The zero-order chi connectivity index (χ0) is 18.9. The summed E-state index contributed by atoms with van der Waals surface area (Å²) in [6.07, 6.45) is -4.61. The average Bonchev–Trinajstić information content (AvgIpc) is 2.62. The highest BCUT2D eigenvalue weighted by Gasteiger charge is 2.36. The number of hydrogen-bond acceptors (Lipinski definition) is 3. The van der Waals surface area contributed by atoms with Crippen LogP contribution in [0.1, 0.15) is 30.1 Å². The molecule has 2 atom stereocenters. The van der Waals surface area contributed by atoms with E-state index in [2.05, 4.69) is 0 Å². The Balaban J connectivity index is 1.86. The lowest BCUT2D eigenvalue weighted by atomic mass is 10.0. The molecule has 3 rings (SSSR count). The Hall–Kier alpha value is -1.57. The molecule has 1 aliphatic heterocycles. The van der Waals surface area contributed by atoms with E-state index in [0.717, 1.165) is 17.7 Å². The highest BCUT2D eigenvalue weighted by Crippen LogP contribution is 2.36. The van der Waals surface area contributed by atoms with Gasteiger partial charge in [0.1, 0.15) is 0 Å². The van der Waals surface area contributed by atoms with Gasteiger partial charge in [-0.3, -0.25) is 0 Å². The molecule has 1 saturated heterocycles. The number of alkyl halides is 3. The largest absolute Gasteiger partial charge is 0.416 e. The first kappa shape index (κ1) is 19.2. The Bertz CT molecular complexity index is 879. The van der Waals surface area contributed by atoms with Gasteiger partial charge in [-0.1, -0.05) is 29.8 Å². The number of sulfone groups is 1. The molecule has 26 heavy (non-hydrogen) atoms. The van der Waals surface area contributed by atoms with E-state index in [1.54, 1.807) is 24.3 Å². The SMILES string of the molecule is O=S(=O)(c1cccc(C(F)(F)F)c1)[C@H]1CCOC(c2ccc(Cl)cc2)C1. The first-order chi connectivity index (χ1) is 12.2. The molecule has 0 amide bonds. The van der Waals surface area contributed by atoms with Crippen molar-refractivity contribution in [3.63, 3.8) is 0 Å². The van der Waals surface area contributed by atoms with Gasteiger partial charge in [0.25, 0.3) is 0 Å². The van der Waals surface area contributed by atoms with Crippen LogP contribution in [0.4, 0.5) is 13.2 Å². The zero-order valence-electron chi connectivity index (χ0n) is 13.5. The van der Waals surface area contributed by atoms with Gasteiger partial charge in [-0.25, -0.2) is 8.42 Å². The van der Waals surface area contributed by atoms with Gasteiger partial charge < -0.3 is 4.74 Å². The topological polar surface area (TPSA) is 43.4 Å². The molecule has 2 aromatic carbocycles. The van der Waals surface area contributed by atoms with E-state index < -0.39 is 32.9 Å². The molecule has 1 aliphatic rings. The normalized spacial score (nSPS) is 21.5. The van der Waals surface area contributed by atoms with Crippen LogP contribution in [0.2, 0.25) is 5.02 Å². The van der Waals surface area contributed by atoms with E-state index >= 15 is 0 Å². The van der Waals surface area contributed by atoms with Gasteiger partial charge in [-0.15, -0.1) is 0 Å². The Morgan fingerprint density at radius 2 is 1.77 bits per heavy atom. The van der Waals surface area contributed by atoms with Crippen LogP contribution in [0.15, 0.2) is 53.4 Å². The lowest BCUT2D eigenvalue weighted by Gasteiger charge is -2.29. The van der Waals surface area contributed by atoms with E-state index in [-0.39, 0.29) is 24.3 Å². The van der Waals surface area contributed by atoms with Gasteiger partial charge in [0, 0.05) is 11.6 Å². The van der Waals surface area contributed by atoms with E-state index in [0.29, 0.717) is 11.1 Å². The summed E-state index contributed by atoms with van der Waals surface area (Å²) in [5.74, 6) is 0. The molecule has 8 heteroatoms. The first-order valence-corrected chi connectivity index (χ1v) is 9.88. The van der Waals surface area contributed by atoms with Gasteiger partial charge >= 0.3 is 6.18 Å². The predicted octanol–water partition coefficient (Wildman–Crippen LogP) is 5.05. The van der Waals surface area contributed by atoms with Crippen LogP contribution < -0.4 is 0 Å². The molecule has 2 aromatic rings.